The fourth-order valence-corrected chi connectivity index (χ4v) is 1.43. The molecule has 1 aromatic carbocycles. The third kappa shape index (κ3) is 4.40. The number of ether oxygens (including phenoxy) is 1. The average molecular weight is 216 g/mol. The first-order chi connectivity index (χ1) is 7.74. The highest BCUT2D eigenvalue weighted by Crippen LogP contribution is 2.20. The number of hydrogen-bond donors (Lipinski definition) is 0. The van der Waals surface area contributed by atoms with Gasteiger partial charge in [-0.15, -0.1) is 11.8 Å². The van der Waals surface area contributed by atoms with E-state index in [0.717, 1.165) is 25.2 Å². The van der Waals surface area contributed by atoms with Gasteiger partial charge in [0.05, 0.1) is 6.61 Å². The largest absolute Gasteiger partial charge is 0.493 e. The molecule has 1 aromatic rings. The van der Waals surface area contributed by atoms with Crippen LogP contribution in [0.5, 0.6) is 5.75 Å². The standard InChI is InChI=1S/C15H20O/c1-4-5-6-9-14-10-7-8-11-15(14)16-12-13(2)3/h7-8,10-11,13H,6,9,12H2,1-3H3. The maximum atomic E-state index is 5.78. The van der Waals surface area contributed by atoms with Crippen LogP contribution in [0.1, 0.15) is 32.8 Å². The van der Waals surface area contributed by atoms with E-state index in [-0.39, 0.29) is 0 Å². The highest BCUT2D eigenvalue weighted by Gasteiger charge is 2.03. The lowest BCUT2D eigenvalue weighted by Crippen LogP contribution is -2.06. The van der Waals surface area contributed by atoms with Crippen LogP contribution in [-0.2, 0) is 6.42 Å². The van der Waals surface area contributed by atoms with E-state index in [9.17, 15) is 0 Å². The molecule has 0 aliphatic heterocycles. The van der Waals surface area contributed by atoms with Gasteiger partial charge >= 0.3 is 0 Å². The highest BCUT2D eigenvalue weighted by molar-refractivity contribution is 5.33. The normalized spacial score (nSPS) is 9.75. The highest BCUT2D eigenvalue weighted by atomic mass is 16.5. The molecule has 0 saturated carbocycles. The minimum atomic E-state index is 0.559. The molecule has 0 spiro atoms. The van der Waals surface area contributed by atoms with Crippen LogP contribution in [0.3, 0.4) is 0 Å². The Morgan fingerprint density at radius 1 is 1.25 bits per heavy atom. The molecule has 1 heteroatoms. The molecule has 0 amide bonds. The van der Waals surface area contributed by atoms with E-state index in [2.05, 4.69) is 37.8 Å². The third-order valence-corrected chi connectivity index (χ3v) is 2.24. The first-order valence-electron chi connectivity index (χ1n) is 5.84. The lowest BCUT2D eigenvalue weighted by atomic mass is 10.1. The Balaban J connectivity index is 2.62. The van der Waals surface area contributed by atoms with Crippen molar-refractivity contribution in [2.75, 3.05) is 6.61 Å². The van der Waals surface area contributed by atoms with E-state index in [0.29, 0.717) is 5.92 Å². The monoisotopic (exact) mass is 216 g/mol. The van der Waals surface area contributed by atoms with Crippen molar-refractivity contribution in [3.8, 4) is 17.6 Å². The number of aryl methyl sites for hydroxylation is 1. The molecule has 16 heavy (non-hydrogen) atoms. The van der Waals surface area contributed by atoms with Crippen LogP contribution in [0.4, 0.5) is 0 Å². The fourth-order valence-electron chi connectivity index (χ4n) is 1.43. The predicted molar refractivity (Wildman–Crippen MR) is 68.5 cm³/mol. The number of benzene rings is 1. The third-order valence-electron chi connectivity index (χ3n) is 2.24. The quantitative estimate of drug-likeness (QED) is 0.682. The molecule has 0 N–H and O–H groups in total. The molecule has 86 valence electrons. The van der Waals surface area contributed by atoms with E-state index in [4.69, 9.17) is 4.74 Å². The minimum Gasteiger partial charge on any atom is -0.493 e. The summed E-state index contributed by atoms with van der Waals surface area (Å²) in [6.07, 6.45) is 1.87. The summed E-state index contributed by atoms with van der Waals surface area (Å²) in [6.45, 7) is 6.97. The van der Waals surface area contributed by atoms with Gasteiger partial charge in [0.25, 0.3) is 0 Å². The average Bonchev–Trinajstić information content (AvgIpc) is 2.28. The lowest BCUT2D eigenvalue weighted by molar-refractivity contribution is 0.268. The van der Waals surface area contributed by atoms with Gasteiger partial charge in [-0.3, -0.25) is 0 Å². The van der Waals surface area contributed by atoms with Crippen molar-refractivity contribution < 1.29 is 4.74 Å². The van der Waals surface area contributed by atoms with Crippen LogP contribution in [0.2, 0.25) is 0 Å². The molecule has 0 fully saturated rings. The lowest BCUT2D eigenvalue weighted by Gasteiger charge is -2.12. The summed E-state index contributed by atoms with van der Waals surface area (Å²) in [5, 5.41) is 0. The Morgan fingerprint density at radius 2 is 2.00 bits per heavy atom. The second kappa shape index (κ2) is 6.95. The molecule has 0 heterocycles. The van der Waals surface area contributed by atoms with Crippen LogP contribution in [0.15, 0.2) is 24.3 Å². The maximum Gasteiger partial charge on any atom is 0.122 e. The van der Waals surface area contributed by atoms with Crippen molar-refractivity contribution in [2.24, 2.45) is 5.92 Å². The van der Waals surface area contributed by atoms with E-state index >= 15 is 0 Å². The van der Waals surface area contributed by atoms with Gasteiger partial charge in [0, 0.05) is 6.42 Å². The van der Waals surface area contributed by atoms with E-state index in [1.165, 1.54) is 5.56 Å². The van der Waals surface area contributed by atoms with Crippen LogP contribution >= 0.6 is 0 Å². The zero-order valence-corrected chi connectivity index (χ0v) is 10.4. The molecule has 1 rings (SSSR count). The SMILES string of the molecule is CC#CCCc1ccccc1OCC(C)C. The van der Waals surface area contributed by atoms with Gasteiger partial charge in [0.15, 0.2) is 0 Å². The molecule has 0 atom stereocenters. The second-order valence-electron chi connectivity index (χ2n) is 4.24. The zero-order valence-electron chi connectivity index (χ0n) is 10.4. The Hall–Kier alpha value is -1.42. The Bertz CT molecular complexity index is 369. The molecule has 0 saturated heterocycles. The molecular formula is C15H20O. The minimum absolute atomic E-state index is 0.559. The van der Waals surface area contributed by atoms with Crippen molar-refractivity contribution in [2.45, 2.75) is 33.6 Å². The first-order valence-corrected chi connectivity index (χ1v) is 5.84. The molecule has 1 nitrogen and oxygen atoms in total. The molecule has 0 aromatic heterocycles. The Morgan fingerprint density at radius 3 is 2.69 bits per heavy atom. The second-order valence-corrected chi connectivity index (χ2v) is 4.24. The number of hydrogen-bond acceptors (Lipinski definition) is 1. The van der Waals surface area contributed by atoms with Gasteiger partial charge in [-0.2, -0.15) is 0 Å². The van der Waals surface area contributed by atoms with Crippen LogP contribution in [0, 0.1) is 17.8 Å². The fraction of sp³-hybridized carbons (Fsp3) is 0.467. The van der Waals surface area contributed by atoms with Crippen molar-refractivity contribution in [1.82, 2.24) is 0 Å². The maximum absolute atomic E-state index is 5.78. The van der Waals surface area contributed by atoms with E-state index in [1.807, 2.05) is 19.1 Å². The summed E-state index contributed by atoms with van der Waals surface area (Å²) >= 11 is 0. The summed E-state index contributed by atoms with van der Waals surface area (Å²) in [6, 6.07) is 8.23. The van der Waals surface area contributed by atoms with Gasteiger partial charge in [-0.05, 0) is 30.9 Å². The van der Waals surface area contributed by atoms with Gasteiger partial charge < -0.3 is 4.74 Å². The Labute approximate surface area is 98.8 Å². The zero-order chi connectivity index (χ0) is 11.8. The summed E-state index contributed by atoms with van der Waals surface area (Å²) in [5.74, 6) is 7.57. The summed E-state index contributed by atoms with van der Waals surface area (Å²) in [7, 11) is 0. The summed E-state index contributed by atoms with van der Waals surface area (Å²) < 4.78 is 5.78. The molecule has 0 unspecified atom stereocenters. The van der Waals surface area contributed by atoms with Gasteiger partial charge in [0.2, 0.25) is 0 Å². The van der Waals surface area contributed by atoms with Gasteiger partial charge in [-0.1, -0.05) is 32.0 Å². The number of para-hydroxylation sites is 1. The topological polar surface area (TPSA) is 9.23 Å². The van der Waals surface area contributed by atoms with E-state index in [1.54, 1.807) is 0 Å². The van der Waals surface area contributed by atoms with Gasteiger partial charge in [0.1, 0.15) is 5.75 Å². The van der Waals surface area contributed by atoms with Crippen LogP contribution in [-0.4, -0.2) is 6.61 Å². The van der Waals surface area contributed by atoms with Crippen LogP contribution < -0.4 is 4.74 Å². The van der Waals surface area contributed by atoms with Crippen LogP contribution in [0.25, 0.3) is 0 Å². The van der Waals surface area contributed by atoms with Crippen molar-refractivity contribution in [3.05, 3.63) is 29.8 Å². The molecular weight excluding hydrogens is 196 g/mol. The van der Waals surface area contributed by atoms with Crippen molar-refractivity contribution in [1.29, 1.82) is 0 Å². The smallest absolute Gasteiger partial charge is 0.122 e. The number of rotatable bonds is 5. The van der Waals surface area contributed by atoms with Crippen molar-refractivity contribution in [3.63, 3.8) is 0 Å². The predicted octanol–water partition coefficient (Wildman–Crippen LogP) is 3.68. The van der Waals surface area contributed by atoms with Crippen molar-refractivity contribution >= 4 is 0 Å². The first kappa shape index (κ1) is 12.6. The molecule has 0 bridgehead atoms. The van der Waals surface area contributed by atoms with E-state index < -0.39 is 0 Å². The summed E-state index contributed by atoms with van der Waals surface area (Å²) in [5.41, 5.74) is 1.26. The molecule has 0 aliphatic rings. The van der Waals surface area contributed by atoms with Gasteiger partial charge in [-0.25, -0.2) is 0 Å². The molecule has 0 aliphatic carbocycles. The summed E-state index contributed by atoms with van der Waals surface area (Å²) in [4.78, 5) is 0. The Kier molecular flexibility index (Phi) is 5.50. The molecule has 0 radical (unpaired) electrons.